The second-order valence-corrected chi connectivity index (χ2v) is 12.5. The van der Waals surface area contributed by atoms with Crippen molar-refractivity contribution in [2.24, 2.45) is 10.9 Å². The molecule has 1 aliphatic carbocycles. The normalized spacial score (nSPS) is 27.7. The molecule has 2 aromatic rings. The number of rotatable bonds is 10. The van der Waals surface area contributed by atoms with E-state index < -0.39 is 49.3 Å². The van der Waals surface area contributed by atoms with Crippen molar-refractivity contribution in [3.05, 3.63) is 57.2 Å². The predicted octanol–water partition coefficient (Wildman–Crippen LogP) is 0.510. The molecule has 4 aliphatic rings. The van der Waals surface area contributed by atoms with Gasteiger partial charge in [-0.1, -0.05) is 19.3 Å². The zero-order chi connectivity index (χ0) is 31.2. The number of aryl methyl sites for hydroxylation is 1. The number of aliphatic hydroxyl groups excluding tert-OH is 5. The topological polar surface area (TPSA) is 176 Å². The highest BCUT2D eigenvalue weighted by Gasteiger charge is 2.51. The molecule has 12 heteroatoms. The third-order valence-corrected chi connectivity index (χ3v) is 9.53. The fourth-order valence-electron chi connectivity index (χ4n) is 6.93. The van der Waals surface area contributed by atoms with Gasteiger partial charge in [0.25, 0.3) is 0 Å². The molecule has 3 aliphatic heterocycles. The Hall–Kier alpha value is -2.94. The first-order valence-corrected chi connectivity index (χ1v) is 15.3. The summed E-state index contributed by atoms with van der Waals surface area (Å²) in [5.41, 5.74) is 2.95. The van der Waals surface area contributed by atoms with Gasteiger partial charge >= 0.3 is 0 Å². The van der Waals surface area contributed by atoms with Crippen LogP contribution >= 0.6 is 0 Å². The van der Waals surface area contributed by atoms with E-state index in [1.165, 1.54) is 6.07 Å². The van der Waals surface area contributed by atoms with Gasteiger partial charge in [-0.05, 0) is 38.8 Å². The van der Waals surface area contributed by atoms with E-state index in [9.17, 15) is 25.2 Å². The van der Waals surface area contributed by atoms with Crippen LogP contribution in [0.15, 0.2) is 49.9 Å². The minimum absolute atomic E-state index is 0.127. The molecular weight excluding hydrogens is 572 g/mol. The predicted molar refractivity (Wildman–Crippen MR) is 159 cm³/mol. The SMILES string of the molecule is Cc1cc(=O)c2cc3c(c([NH+]4C=C5N=CC=C5C4)c2o1)OC(C)(C1CCCCC1)C(OOCC(O)C(O)C(O)C(O)CO)C3. The maximum Gasteiger partial charge on any atom is 0.222 e. The van der Waals surface area contributed by atoms with Crippen molar-refractivity contribution in [3.8, 4) is 5.75 Å². The monoisotopic (exact) mass is 613 g/mol. The van der Waals surface area contributed by atoms with Gasteiger partial charge in [0.15, 0.2) is 11.2 Å². The fourth-order valence-corrected chi connectivity index (χ4v) is 6.93. The molecule has 1 saturated carbocycles. The summed E-state index contributed by atoms with van der Waals surface area (Å²) >= 11 is 0. The van der Waals surface area contributed by atoms with Crippen LogP contribution in [0.4, 0.5) is 5.69 Å². The zero-order valence-corrected chi connectivity index (χ0v) is 24.9. The first kappa shape index (κ1) is 31.1. The molecule has 12 nitrogen and oxygen atoms in total. The maximum absolute atomic E-state index is 13.2. The van der Waals surface area contributed by atoms with Crippen molar-refractivity contribution >= 4 is 22.9 Å². The average Bonchev–Trinajstić information content (AvgIpc) is 3.62. The van der Waals surface area contributed by atoms with Gasteiger partial charge in [-0.2, -0.15) is 0 Å². The molecule has 0 spiro atoms. The highest BCUT2D eigenvalue weighted by molar-refractivity contribution is 5.90. The van der Waals surface area contributed by atoms with Crippen LogP contribution in [0, 0.1) is 12.8 Å². The Balaban J connectivity index is 1.35. The zero-order valence-electron chi connectivity index (χ0n) is 24.9. The lowest BCUT2D eigenvalue weighted by molar-refractivity contribution is -0.763. The van der Waals surface area contributed by atoms with E-state index in [2.05, 4.69) is 4.99 Å². The minimum atomic E-state index is -1.78. The number of hydrogen-bond donors (Lipinski definition) is 6. The summed E-state index contributed by atoms with van der Waals surface area (Å²) in [6, 6.07) is 3.27. The highest BCUT2D eigenvalue weighted by atomic mass is 17.2. The molecule has 6 rings (SSSR count). The number of benzene rings is 1. The largest absolute Gasteiger partial charge is 0.478 e. The summed E-state index contributed by atoms with van der Waals surface area (Å²) in [5.74, 6) is 1.28. The van der Waals surface area contributed by atoms with Gasteiger partial charge < -0.3 is 34.7 Å². The Kier molecular flexibility index (Phi) is 8.79. The third kappa shape index (κ3) is 5.65. The van der Waals surface area contributed by atoms with Crippen LogP contribution in [0.5, 0.6) is 5.75 Å². The lowest BCUT2D eigenvalue weighted by atomic mass is 9.72. The molecular formula is C32H41N2O10+. The van der Waals surface area contributed by atoms with E-state index >= 15 is 0 Å². The third-order valence-electron chi connectivity index (χ3n) is 9.53. The molecule has 7 atom stereocenters. The van der Waals surface area contributed by atoms with Crippen molar-refractivity contribution in [2.75, 3.05) is 19.8 Å². The Morgan fingerprint density at radius 1 is 1.11 bits per heavy atom. The van der Waals surface area contributed by atoms with Gasteiger partial charge in [0, 0.05) is 35.8 Å². The molecule has 0 amide bonds. The number of hydrogen-bond acceptors (Lipinski definition) is 11. The van der Waals surface area contributed by atoms with Crippen LogP contribution in [0.3, 0.4) is 0 Å². The van der Waals surface area contributed by atoms with Crippen LogP contribution in [0.2, 0.25) is 0 Å². The van der Waals surface area contributed by atoms with Crippen molar-refractivity contribution in [1.29, 1.82) is 0 Å². The highest BCUT2D eigenvalue weighted by Crippen LogP contribution is 2.48. The van der Waals surface area contributed by atoms with Crippen LogP contribution < -0.4 is 15.1 Å². The maximum atomic E-state index is 13.2. The summed E-state index contributed by atoms with van der Waals surface area (Å²) in [6.07, 6.45) is 3.81. The van der Waals surface area contributed by atoms with Gasteiger partial charge in [-0.15, -0.1) is 0 Å². The summed E-state index contributed by atoms with van der Waals surface area (Å²) in [5, 5.41) is 49.7. The molecule has 0 saturated heterocycles. The van der Waals surface area contributed by atoms with Gasteiger partial charge in [0.1, 0.15) is 66.9 Å². The second-order valence-electron chi connectivity index (χ2n) is 12.5. The van der Waals surface area contributed by atoms with E-state index in [-0.39, 0.29) is 11.3 Å². The van der Waals surface area contributed by atoms with Crippen LogP contribution in [-0.2, 0) is 16.2 Å². The smallest absolute Gasteiger partial charge is 0.222 e. The summed E-state index contributed by atoms with van der Waals surface area (Å²) in [6.45, 7) is 3.10. The molecule has 44 heavy (non-hydrogen) atoms. The number of quaternary nitrogens is 1. The van der Waals surface area contributed by atoms with Crippen molar-refractivity contribution in [1.82, 2.24) is 0 Å². The van der Waals surface area contributed by atoms with Crippen LogP contribution in [0.25, 0.3) is 11.0 Å². The summed E-state index contributed by atoms with van der Waals surface area (Å²) in [4.78, 5) is 30.1. The molecule has 1 aromatic carbocycles. The van der Waals surface area contributed by atoms with Gasteiger partial charge in [0.2, 0.25) is 11.3 Å². The molecule has 4 heterocycles. The van der Waals surface area contributed by atoms with E-state index in [1.54, 1.807) is 19.2 Å². The lowest BCUT2D eigenvalue weighted by Crippen LogP contribution is -3.01. The van der Waals surface area contributed by atoms with Crippen LogP contribution in [0.1, 0.15) is 50.4 Å². The van der Waals surface area contributed by atoms with Crippen molar-refractivity contribution < 1.29 is 49.4 Å². The minimum Gasteiger partial charge on any atom is -0.478 e. The van der Waals surface area contributed by atoms with Crippen LogP contribution in [-0.4, -0.2) is 87.6 Å². The Labute approximate surface area is 254 Å². The number of allylic oxidation sites excluding steroid dienone is 1. The molecule has 0 bridgehead atoms. The molecule has 1 fully saturated rings. The molecule has 6 N–H and O–H groups in total. The quantitative estimate of drug-likeness (QED) is 0.164. The lowest BCUT2D eigenvalue weighted by Gasteiger charge is -2.47. The standard InChI is InChI=1S/C32H40N2O10/c1-17-10-23(36)21-11-19-12-26(44-41-16-25(38)29(40)28(39)24(37)15-35)32(2,20-6-4-3-5-7-20)43-30(19)27(31(21)42-17)34-13-18-8-9-33-22(18)14-34/h8-11,14,20,24-26,28-29,35,37-40H,3-7,12-13,15-16H2,1-2H3/p+1. The molecule has 0 radical (unpaired) electrons. The fraction of sp³-hybridized carbons (Fsp3) is 0.562. The number of aliphatic imine (C=N–C) groups is 1. The number of nitrogens with one attached hydrogen (secondary N) is 1. The molecule has 238 valence electrons. The Bertz CT molecular complexity index is 1540. The number of aliphatic hydroxyl groups is 5. The first-order chi connectivity index (χ1) is 21.1. The molecule has 7 unspecified atom stereocenters. The van der Waals surface area contributed by atoms with Gasteiger partial charge in [-0.3, -0.25) is 14.7 Å². The average molecular weight is 614 g/mol. The molecule has 1 aromatic heterocycles. The van der Waals surface area contributed by atoms with E-state index in [1.807, 2.05) is 19.2 Å². The number of nitrogens with zero attached hydrogens (tertiary/aromatic N) is 1. The number of fused-ring (bicyclic) bond motifs is 3. The van der Waals surface area contributed by atoms with E-state index in [0.717, 1.165) is 59.5 Å². The van der Waals surface area contributed by atoms with Gasteiger partial charge in [-0.25, -0.2) is 9.78 Å². The first-order valence-electron chi connectivity index (χ1n) is 15.3. The second kappa shape index (κ2) is 12.5. The summed E-state index contributed by atoms with van der Waals surface area (Å²) in [7, 11) is 0. The summed E-state index contributed by atoms with van der Waals surface area (Å²) < 4.78 is 13.2. The van der Waals surface area contributed by atoms with E-state index in [0.29, 0.717) is 35.4 Å². The Morgan fingerprint density at radius 2 is 1.86 bits per heavy atom. The number of ether oxygens (including phenoxy) is 1. The van der Waals surface area contributed by atoms with Gasteiger partial charge in [0.05, 0.1) is 12.0 Å². The van der Waals surface area contributed by atoms with E-state index in [4.69, 9.17) is 24.0 Å². The van der Waals surface area contributed by atoms with Crippen molar-refractivity contribution in [3.63, 3.8) is 0 Å². The van der Waals surface area contributed by atoms with Crippen molar-refractivity contribution in [2.45, 2.75) is 88.5 Å². The Morgan fingerprint density at radius 3 is 2.59 bits per heavy atom.